The molecule has 0 bridgehead atoms. The van der Waals surface area contributed by atoms with Crippen molar-refractivity contribution in [2.75, 3.05) is 5.73 Å². The highest BCUT2D eigenvalue weighted by molar-refractivity contribution is 5.75. The number of nitrogens with zero attached hydrogens (tertiary/aromatic N) is 2. The van der Waals surface area contributed by atoms with E-state index in [1.165, 1.54) is 23.0 Å². The summed E-state index contributed by atoms with van der Waals surface area (Å²) in [5.74, 6) is 0. The highest BCUT2D eigenvalue weighted by Crippen LogP contribution is 2.39. The van der Waals surface area contributed by atoms with E-state index in [-0.39, 0.29) is 17.3 Å². The van der Waals surface area contributed by atoms with Gasteiger partial charge in [-0.2, -0.15) is 18.3 Å². The van der Waals surface area contributed by atoms with Crippen molar-refractivity contribution in [3.63, 3.8) is 0 Å². The van der Waals surface area contributed by atoms with Gasteiger partial charge in [-0.15, -0.1) is 0 Å². The van der Waals surface area contributed by atoms with E-state index in [0.717, 1.165) is 6.07 Å². The molecule has 19 heavy (non-hydrogen) atoms. The van der Waals surface area contributed by atoms with Gasteiger partial charge >= 0.3 is 6.18 Å². The molecule has 0 radical (unpaired) electrons. The number of benzene rings is 1. The second-order valence-corrected chi connectivity index (χ2v) is 4.53. The summed E-state index contributed by atoms with van der Waals surface area (Å²) in [7, 11) is 0. The third kappa shape index (κ3) is 2.43. The predicted octanol–water partition coefficient (Wildman–Crippen LogP) is 3.73. The lowest BCUT2D eigenvalue weighted by molar-refractivity contribution is -0.137. The second kappa shape index (κ2) is 4.60. The number of hydrogen-bond donors (Lipinski definition) is 1. The standard InChI is InChI=1S/C13H14F3N3/c1-8(2)19-12(11(17)7-18-19)9-5-3-4-6-10(9)13(14,15)16/h3-8H,17H2,1-2H3. The van der Waals surface area contributed by atoms with Gasteiger partial charge in [0, 0.05) is 11.6 Å². The fourth-order valence-electron chi connectivity index (χ4n) is 1.98. The summed E-state index contributed by atoms with van der Waals surface area (Å²) >= 11 is 0. The number of nitrogen functional groups attached to an aromatic ring is 1. The normalized spacial score (nSPS) is 12.1. The quantitative estimate of drug-likeness (QED) is 0.902. The molecule has 0 amide bonds. The average Bonchev–Trinajstić information content (AvgIpc) is 2.70. The van der Waals surface area contributed by atoms with Gasteiger partial charge < -0.3 is 5.73 Å². The molecular formula is C13H14F3N3. The zero-order chi connectivity index (χ0) is 14.2. The van der Waals surface area contributed by atoms with E-state index in [1.807, 2.05) is 13.8 Å². The molecule has 0 spiro atoms. The summed E-state index contributed by atoms with van der Waals surface area (Å²) in [5.41, 5.74) is 5.67. The smallest absolute Gasteiger partial charge is 0.396 e. The third-order valence-corrected chi connectivity index (χ3v) is 2.80. The molecular weight excluding hydrogens is 255 g/mol. The van der Waals surface area contributed by atoms with Crippen LogP contribution >= 0.6 is 0 Å². The van der Waals surface area contributed by atoms with Crippen LogP contribution in [0, 0.1) is 0 Å². The van der Waals surface area contributed by atoms with Crippen LogP contribution in [0.25, 0.3) is 11.3 Å². The minimum absolute atomic E-state index is 0.0544. The molecule has 1 aromatic carbocycles. The molecule has 1 heterocycles. The van der Waals surface area contributed by atoms with E-state index in [0.29, 0.717) is 5.69 Å². The zero-order valence-electron chi connectivity index (χ0n) is 10.6. The lowest BCUT2D eigenvalue weighted by Crippen LogP contribution is -2.11. The summed E-state index contributed by atoms with van der Waals surface area (Å²) in [5, 5.41) is 4.04. The fourth-order valence-corrected chi connectivity index (χ4v) is 1.98. The summed E-state index contributed by atoms with van der Waals surface area (Å²) < 4.78 is 40.6. The predicted molar refractivity (Wildman–Crippen MR) is 67.5 cm³/mol. The van der Waals surface area contributed by atoms with Crippen LogP contribution in [0.5, 0.6) is 0 Å². The van der Waals surface area contributed by atoms with Gasteiger partial charge in [0.15, 0.2) is 0 Å². The fraction of sp³-hybridized carbons (Fsp3) is 0.308. The highest BCUT2D eigenvalue weighted by atomic mass is 19.4. The molecule has 3 nitrogen and oxygen atoms in total. The van der Waals surface area contributed by atoms with E-state index >= 15 is 0 Å². The number of anilines is 1. The molecule has 0 aliphatic heterocycles. The number of alkyl halides is 3. The topological polar surface area (TPSA) is 43.8 Å². The molecule has 0 unspecified atom stereocenters. The molecule has 0 atom stereocenters. The van der Waals surface area contributed by atoms with Crippen molar-refractivity contribution in [3.05, 3.63) is 36.0 Å². The number of nitrogens with two attached hydrogens (primary N) is 1. The Morgan fingerprint density at radius 1 is 1.21 bits per heavy atom. The number of halogens is 3. The van der Waals surface area contributed by atoms with Crippen LogP contribution in [-0.2, 0) is 6.18 Å². The molecule has 0 aliphatic carbocycles. The maximum atomic E-state index is 13.0. The van der Waals surface area contributed by atoms with Crippen molar-refractivity contribution < 1.29 is 13.2 Å². The molecule has 102 valence electrons. The Kier molecular flexibility index (Phi) is 3.26. The largest absolute Gasteiger partial charge is 0.417 e. The van der Waals surface area contributed by atoms with Crippen molar-refractivity contribution in [1.29, 1.82) is 0 Å². The number of hydrogen-bond acceptors (Lipinski definition) is 2. The van der Waals surface area contributed by atoms with Crippen molar-refractivity contribution >= 4 is 5.69 Å². The average molecular weight is 269 g/mol. The monoisotopic (exact) mass is 269 g/mol. The van der Waals surface area contributed by atoms with Crippen molar-refractivity contribution in [2.24, 2.45) is 0 Å². The molecule has 6 heteroatoms. The number of aromatic nitrogens is 2. The second-order valence-electron chi connectivity index (χ2n) is 4.53. The van der Waals surface area contributed by atoms with E-state index in [2.05, 4.69) is 5.10 Å². The van der Waals surface area contributed by atoms with Crippen LogP contribution < -0.4 is 5.73 Å². The molecule has 2 N–H and O–H groups in total. The van der Waals surface area contributed by atoms with Gasteiger partial charge in [0.25, 0.3) is 0 Å². The Balaban J connectivity index is 2.70. The summed E-state index contributed by atoms with van der Waals surface area (Å²) in [6.45, 7) is 3.68. The Hall–Kier alpha value is -1.98. The van der Waals surface area contributed by atoms with E-state index in [4.69, 9.17) is 5.73 Å². The SMILES string of the molecule is CC(C)n1ncc(N)c1-c1ccccc1C(F)(F)F. The summed E-state index contributed by atoms with van der Waals surface area (Å²) in [6.07, 6.45) is -3.04. The lowest BCUT2D eigenvalue weighted by Gasteiger charge is -2.16. The molecule has 0 aliphatic rings. The first kappa shape index (κ1) is 13.5. The van der Waals surface area contributed by atoms with Crippen LogP contribution in [0.15, 0.2) is 30.5 Å². The van der Waals surface area contributed by atoms with E-state index < -0.39 is 11.7 Å². The lowest BCUT2D eigenvalue weighted by atomic mass is 10.0. The Morgan fingerprint density at radius 2 is 1.84 bits per heavy atom. The van der Waals surface area contributed by atoms with Crippen LogP contribution in [0.3, 0.4) is 0 Å². The molecule has 0 saturated heterocycles. The van der Waals surface area contributed by atoms with Gasteiger partial charge in [-0.05, 0) is 19.9 Å². The minimum atomic E-state index is -4.42. The summed E-state index contributed by atoms with van der Waals surface area (Å²) in [6, 6.07) is 5.30. The van der Waals surface area contributed by atoms with Gasteiger partial charge in [0.2, 0.25) is 0 Å². The van der Waals surface area contributed by atoms with Gasteiger partial charge in [-0.25, -0.2) is 0 Å². The van der Waals surface area contributed by atoms with Crippen molar-refractivity contribution in [3.8, 4) is 11.3 Å². The van der Waals surface area contributed by atoms with Gasteiger partial charge in [-0.1, -0.05) is 18.2 Å². The van der Waals surface area contributed by atoms with Crippen LogP contribution in [0.4, 0.5) is 18.9 Å². The molecule has 2 rings (SSSR count). The van der Waals surface area contributed by atoms with Crippen molar-refractivity contribution in [1.82, 2.24) is 9.78 Å². The Bertz CT molecular complexity index is 585. The van der Waals surface area contributed by atoms with Gasteiger partial charge in [0.05, 0.1) is 23.1 Å². The van der Waals surface area contributed by atoms with Crippen LogP contribution in [-0.4, -0.2) is 9.78 Å². The Morgan fingerprint density at radius 3 is 2.42 bits per heavy atom. The van der Waals surface area contributed by atoms with Gasteiger partial charge in [0.1, 0.15) is 0 Å². The molecule has 1 aromatic heterocycles. The maximum absolute atomic E-state index is 13.0. The van der Waals surface area contributed by atoms with E-state index in [9.17, 15) is 13.2 Å². The first-order valence-corrected chi connectivity index (χ1v) is 5.82. The molecule has 0 saturated carbocycles. The van der Waals surface area contributed by atoms with Crippen molar-refractivity contribution in [2.45, 2.75) is 26.1 Å². The maximum Gasteiger partial charge on any atom is 0.417 e. The number of rotatable bonds is 2. The minimum Gasteiger partial charge on any atom is -0.396 e. The Labute approximate surface area is 108 Å². The summed E-state index contributed by atoms with van der Waals surface area (Å²) in [4.78, 5) is 0. The first-order valence-electron chi connectivity index (χ1n) is 5.82. The first-order chi connectivity index (χ1) is 8.82. The zero-order valence-corrected chi connectivity index (χ0v) is 10.6. The highest BCUT2D eigenvalue weighted by Gasteiger charge is 2.34. The molecule has 2 aromatic rings. The van der Waals surface area contributed by atoms with Crippen LogP contribution in [0.1, 0.15) is 25.5 Å². The van der Waals surface area contributed by atoms with Gasteiger partial charge in [-0.3, -0.25) is 4.68 Å². The van der Waals surface area contributed by atoms with Crippen LogP contribution in [0.2, 0.25) is 0 Å². The van der Waals surface area contributed by atoms with E-state index in [1.54, 1.807) is 6.07 Å². The third-order valence-electron chi connectivity index (χ3n) is 2.80. The molecule has 0 fully saturated rings.